The van der Waals surface area contributed by atoms with Gasteiger partial charge >= 0.3 is 5.69 Å². The molecule has 3 rings (SSSR count). The van der Waals surface area contributed by atoms with Gasteiger partial charge < -0.3 is 5.32 Å². The van der Waals surface area contributed by atoms with Gasteiger partial charge in [-0.1, -0.05) is 56.3 Å². The van der Waals surface area contributed by atoms with Crippen molar-refractivity contribution >= 4 is 16.8 Å². The highest BCUT2D eigenvalue weighted by Gasteiger charge is 2.20. The monoisotopic (exact) mass is 379 g/mol. The zero-order chi connectivity index (χ0) is 20.3. The number of hydrogen-bond donors (Lipinski definition) is 1. The van der Waals surface area contributed by atoms with Gasteiger partial charge in [0.15, 0.2) is 0 Å². The number of carbonyl (C=O) groups excluding carboxylic acids is 1. The first-order valence-electron chi connectivity index (χ1n) is 9.50. The molecule has 0 fully saturated rings. The Kier molecular flexibility index (Phi) is 5.78. The molecule has 6 heteroatoms. The van der Waals surface area contributed by atoms with E-state index in [0.717, 1.165) is 10.1 Å². The van der Waals surface area contributed by atoms with Gasteiger partial charge in [-0.15, -0.1) is 0 Å². The summed E-state index contributed by atoms with van der Waals surface area (Å²) in [6.07, 6.45) is 0. The van der Waals surface area contributed by atoms with Crippen LogP contribution in [0.2, 0.25) is 0 Å². The van der Waals surface area contributed by atoms with Gasteiger partial charge in [-0.05, 0) is 30.5 Å². The highest BCUT2D eigenvalue weighted by molar-refractivity contribution is 5.81. The number of nitrogens with zero attached hydrogens (tertiary/aromatic N) is 2. The van der Waals surface area contributed by atoms with Crippen molar-refractivity contribution in [3.63, 3.8) is 0 Å². The molecule has 1 atom stereocenters. The third kappa shape index (κ3) is 3.76. The molecule has 0 aliphatic heterocycles. The van der Waals surface area contributed by atoms with E-state index in [0.29, 0.717) is 10.9 Å². The molecule has 1 unspecified atom stereocenters. The number of aromatic nitrogens is 2. The molecule has 146 valence electrons. The summed E-state index contributed by atoms with van der Waals surface area (Å²) in [5.74, 6) is -0.0829. The molecule has 3 aromatic rings. The van der Waals surface area contributed by atoms with E-state index < -0.39 is 5.69 Å². The average Bonchev–Trinajstić information content (AvgIpc) is 2.70. The Morgan fingerprint density at radius 1 is 0.964 bits per heavy atom. The lowest BCUT2D eigenvalue weighted by molar-refractivity contribution is -0.122. The highest BCUT2D eigenvalue weighted by atomic mass is 16.2. The summed E-state index contributed by atoms with van der Waals surface area (Å²) >= 11 is 0. The lowest BCUT2D eigenvalue weighted by Crippen LogP contribution is -2.43. The third-order valence-electron chi connectivity index (χ3n) is 4.89. The number of para-hydroxylation sites is 1. The largest absolute Gasteiger partial charge is 0.347 e. The SMILES string of the molecule is CCn1c(=O)c2ccccc2n(CC(=O)NC(c2ccccc2)C(C)C)c1=O. The Balaban J connectivity index is 1.97. The maximum Gasteiger partial charge on any atom is 0.331 e. The molecule has 1 heterocycles. The van der Waals surface area contributed by atoms with E-state index in [1.165, 1.54) is 4.57 Å². The molecule has 1 amide bonds. The molecule has 0 aliphatic carbocycles. The number of hydrogen-bond acceptors (Lipinski definition) is 3. The van der Waals surface area contributed by atoms with Crippen LogP contribution in [0.4, 0.5) is 0 Å². The van der Waals surface area contributed by atoms with Crippen LogP contribution in [0.25, 0.3) is 10.9 Å². The normalized spacial score (nSPS) is 12.3. The Hall–Kier alpha value is -3.15. The van der Waals surface area contributed by atoms with Crippen LogP contribution >= 0.6 is 0 Å². The van der Waals surface area contributed by atoms with E-state index in [4.69, 9.17) is 0 Å². The van der Waals surface area contributed by atoms with E-state index >= 15 is 0 Å². The Morgan fingerprint density at radius 2 is 1.61 bits per heavy atom. The number of carbonyl (C=O) groups is 1. The Labute approximate surface area is 163 Å². The first-order chi connectivity index (χ1) is 13.4. The molecule has 0 saturated carbocycles. The molecule has 0 radical (unpaired) electrons. The molecule has 2 aromatic carbocycles. The number of nitrogens with one attached hydrogen (secondary N) is 1. The summed E-state index contributed by atoms with van der Waals surface area (Å²) in [4.78, 5) is 38.1. The van der Waals surface area contributed by atoms with Crippen molar-refractivity contribution in [1.29, 1.82) is 0 Å². The summed E-state index contributed by atoms with van der Waals surface area (Å²) in [5, 5.41) is 3.47. The van der Waals surface area contributed by atoms with E-state index in [-0.39, 0.29) is 36.5 Å². The minimum absolute atomic E-state index is 0.143. The molecule has 6 nitrogen and oxygen atoms in total. The molecular formula is C22H25N3O3. The van der Waals surface area contributed by atoms with Gasteiger partial charge in [-0.3, -0.25) is 18.7 Å². The molecule has 0 bridgehead atoms. The number of amides is 1. The standard InChI is InChI=1S/C22H25N3O3/c1-4-24-21(27)17-12-8-9-13-18(17)25(22(24)28)14-19(26)23-20(15(2)3)16-10-6-5-7-11-16/h5-13,15,20H,4,14H2,1-3H3,(H,23,26). The quantitative estimate of drug-likeness (QED) is 0.716. The van der Waals surface area contributed by atoms with Crippen LogP contribution in [0.1, 0.15) is 32.4 Å². The van der Waals surface area contributed by atoms with Crippen molar-refractivity contribution in [2.45, 2.75) is 39.9 Å². The van der Waals surface area contributed by atoms with Gasteiger partial charge in [0.1, 0.15) is 6.54 Å². The van der Waals surface area contributed by atoms with Crippen LogP contribution in [0.3, 0.4) is 0 Å². The number of fused-ring (bicyclic) bond motifs is 1. The minimum Gasteiger partial charge on any atom is -0.347 e. The Morgan fingerprint density at radius 3 is 2.25 bits per heavy atom. The van der Waals surface area contributed by atoms with Crippen LogP contribution in [-0.4, -0.2) is 15.0 Å². The van der Waals surface area contributed by atoms with Gasteiger partial charge in [-0.2, -0.15) is 0 Å². The number of benzene rings is 2. The number of rotatable bonds is 6. The fourth-order valence-corrected chi connectivity index (χ4v) is 3.46. The second-order valence-electron chi connectivity index (χ2n) is 7.14. The predicted molar refractivity (Wildman–Crippen MR) is 110 cm³/mol. The fraction of sp³-hybridized carbons (Fsp3) is 0.318. The summed E-state index contributed by atoms with van der Waals surface area (Å²) in [7, 11) is 0. The van der Waals surface area contributed by atoms with Crippen molar-refractivity contribution in [2.24, 2.45) is 5.92 Å². The predicted octanol–water partition coefficient (Wildman–Crippen LogP) is 2.70. The molecule has 0 aliphatic rings. The maximum atomic E-state index is 12.8. The summed E-state index contributed by atoms with van der Waals surface area (Å²) in [5.41, 5.74) is 0.686. The minimum atomic E-state index is -0.470. The summed E-state index contributed by atoms with van der Waals surface area (Å²) in [6.45, 7) is 5.93. The first kappa shape index (κ1) is 19.6. The second-order valence-corrected chi connectivity index (χ2v) is 7.14. The molecule has 0 saturated heterocycles. The summed E-state index contributed by atoms with van der Waals surface area (Å²) in [6, 6.07) is 16.5. The van der Waals surface area contributed by atoms with Crippen molar-refractivity contribution < 1.29 is 4.79 Å². The van der Waals surface area contributed by atoms with Crippen molar-refractivity contribution in [1.82, 2.24) is 14.5 Å². The van der Waals surface area contributed by atoms with Crippen molar-refractivity contribution in [3.8, 4) is 0 Å². The third-order valence-corrected chi connectivity index (χ3v) is 4.89. The first-order valence-corrected chi connectivity index (χ1v) is 9.50. The smallest absolute Gasteiger partial charge is 0.331 e. The van der Waals surface area contributed by atoms with Gasteiger partial charge in [0, 0.05) is 6.54 Å². The summed E-state index contributed by atoms with van der Waals surface area (Å²) < 4.78 is 2.53. The topological polar surface area (TPSA) is 73.1 Å². The van der Waals surface area contributed by atoms with Crippen molar-refractivity contribution in [3.05, 3.63) is 81.0 Å². The Bertz CT molecular complexity index is 1100. The zero-order valence-electron chi connectivity index (χ0n) is 16.4. The van der Waals surface area contributed by atoms with Crippen LogP contribution < -0.4 is 16.6 Å². The van der Waals surface area contributed by atoms with Crippen LogP contribution in [0, 0.1) is 5.92 Å². The lowest BCUT2D eigenvalue weighted by atomic mass is 9.96. The van der Waals surface area contributed by atoms with Crippen molar-refractivity contribution in [2.75, 3.05) is 0 Å². The lowest BCUT2D eigenvalue weighted by Gasteiger charge is -2.23. The van der Waals surface area contributed by atoms with Gasteiger partial charge in [0.2, 0.25) is 5.91 Å². The maximum absolute atomic E-state index is 12.8. The molecule has 1 aromatic heterocycles. The van der Waals surface area contributed by atoms with Gasteiger partial charge in [-0.25, -0.2) is 4.79 Å². The van der Waals surface area contributed by atoms with Crippen LogP contribution in [-0.2, 0) is 17.9 Å². The molecular weight excluding hydrogens is 354 g/mol. The van der Waals surface area contributed by atoms with Gasteiger partial charge in [0.05, 0.1) is 16.9 Å². The van der Waals surface area contributed by atoms with Crippen LogP contribution in [0.5, 0.6) is 0 Å². The fourth-order valence-electron chi connectivity index (χ4n) is 3.46. The molecule has 1 N–H and O–H groups in total. The second kappa shape index (κ2) is 8.25. The molecule has 0 spiro atoms. The van der Waals surface area contributed by atoms with E-state index in [9.17, 15) is 14.4 Å². The van der Waals surface area contributed by atoms with E-state index in [1.54, 1.807) is 31.2 Å². The van der Waals surface area contributed by atoms with E-state index in [2.05, 4.69) is 5.32 Å². The van der Waals surface area contributed by atoms with Gasteiger partial charge in [0.25, 0.3) is 5.56 Å². The zero-order valence-corrected chi connectivity index (χ0v) is 16.4. The highest BCUT2D eigenvalue weighted by Crippen LogP contribution is 2.21. The van der Waals surface area contributed by atoms with E-state index in [1.807, 2.05) is 44.2 Å². The average molecular weight is 379 g/mol. The molecule has 28 heavy (non-hydrogen) atoms. The van der Waals surface area contributed by atoms with Crippen LogP contribution in [0.15, 0.2) is 64.2 Å².